The molecule has 0 amide bonds. The molecule has 1 unspecified atom stereocenters. The summed E-state index contributed by atoms with van der Waals surface area (Å²) in [5.41, 5.74) is 3.03. The zero-order chi connectivity index (χ0) is 18.8. The molecule has 7 nitrogen and oxygen atoms in total. The fraction of sp³-hybridized carbons (Fsp3) is 0.333. The number of piperidine rings is 1. The smallest absolute Gasteiger partial charge is 0.165 e. The molecule has 5 heterocycles. The van der Waals surface area contributed by atoms with E-state index in [9.17, 15) is 0 Å². The zero-order valence-electron chi connectivity index (χ0n) is 15.7. The Hall–Kier alpha value is -3.06. The minimum absolute atomic E-state index is 0.275. The monoisotopic (exact) mass is 373 g/mol. The van der Waals surface area contributed by atoms with Gasteiger partial charge in [-0.25, -0.2) is 14.5 Å². The normalized spacial score (nSPS) is 16.4. The molecule has 5 rings (SSSR count). The standard InChI is InChI=1S/C21H23N7/c1-2-10-26(11-3-1)19(17-6-4-7-22-14-17)16-27-13-9-24-20(27)18-15-25-28-12-5-8-23-21(18)28/h4-9,12-15,19H,1-3,10-11,16H2. The van der Waals surface area contributed by atoms with Crippen molar-refractivity contribution in [2.45, 2.75) is 31.8 Å². The van der Waals surface area contributed by atoms with Gasteiger partial charge in [0.25, 0.3) is 0 Å². The van der Waals surface area contributed by atoms with Gasteiger partial charge in [0.15, 0.2) is 5.65 Å². The molecule has 1 aliphatic rings. The highest BCUT2D eigenvalue weighted by atomic mass is 15.2. The second-order valence-electron chi connectivity index (χ2n) is 7.25. The summed E-state index contributed by atoms with van der Waals surface area (Å²) in [4.78, 5) is 16.1. The molecule has 0 N–H and O–H groups in total. The molecule has 28 heavy (non-hydrogen) atoms. The van der Waals surface area contributed by atoms with E-state index in [1.807, 2.05) is 43.1 Å². The van der Waals surface area contributed by atoms with Crippen LogP contribution >= 0.6 is 0 Å². The predicted molar refractivity (Wildman–Crippen MR) is 107 cm³/mol. The Bertz CT molecular complexity index is 1050. The second kappa shape index (κ2) is 7.52. The van der Waals surface area contributed by atoms with Crippen molar-refractivity contribution in [3.8, 4) is 11.4 Å². The molecule has 0 spiro atoms. The quantitative estimate of drug-likeness (QED) is 0.537. The van der Waals surface area contributed by atoms with Crippen molar-refractivity contribution < 1.29 is 0 Å². The molecule has 0 radical (unpaired) electrons. The van der Waals surface area contributed by atoms with Gasteiger partial charge in [-0.05, 0) is 43.6 Å². The summed E-state index contributed by atoms with van der Waals surface area (Å²) in [6, 6.07) is 6.36. The van der Waals surface area contributed by atoms with E-state index in [1.165, 1.54) is 24.8 Å². The third-order valence-electron chi connectivity index (χ3n) is 5.51. The number of hydrogen-bond acceptors (Lipinski definition) is 5. The third kappa shape index (κ3) is 3.18. The first-order valence-electron chi connectivity index (χ1n) is 9.84. The zero-order valence-corrected chi connectivity index (χ0v) is 15.7. The molecule has 7 heteroatoms. The fourth-order valence-electron chi connectivity index (χ4n) is 4.11. The molecular weight excluding hydrogens is 350 g/mol. The third-order valence-corrected chi connectivity index (χ3v) is 5.51. The molecule has 0 bridgehead atoms. The Morgan fingerprint density at radius 2 is 1.86 bits per heavy atom. The highest BCUT2D eigenvalue weighted by Crippen LogP contribution is 2.29. The largest absolute Gasteiger partial charge is 0.329 e. The number of rotatable bonds is 5. The molecule has 0 saturated carbocycles. The topological polar surface area (TPSA) is 64.1 Å². The van der Waals surface area contributed by atoms with Gasteiger partial charge in [-0.1, -0.05) is 12.5 Å². The van der Waals surface area contributed by atoms with Crippen LogP contribution in [0.15, 0.2) is 61.6 Å². The van der Waals surface area contributed by atoms with Crippen LogP contribution in [0.25, 0.3) is 17.0 Å². The number of aromatic nitrogens is 6. The fourth-order valence-corrected chi connectivity index (χ4v) is 4.11. The highest BCUT2D eigenvalue weighted by Gasteiger charge is 2.24. The van der Waals surface area contributed by atoms with Gasteiger partial charge in [0.05, 0.1) is 17.8 Å². The number of fused-ring (bicyclic) bond motifs is 1. The lowest BCUT2D eigenvalue weighted by atomic mass is 10.0. The lowest BCUT2D eigenvalue weighted by Gasteiger charge is -2.35. The van der Waals surface area contributed by atoms with Gasteiger partial charge < -0.3 is 4.57 Å². The van der Waals surface area contributed by atoms with Crippen LogP contribution < -0.4 is 0 Å². The maximum Gasteiger partial charge on any atom is 0.165 e. The summed E-state index contributed by atoms with van der Waals surface area (Å²) in [5, 5.41) is 4.42. The van der Waals surface area contributed by atoms with Gasteiger partial charge in [0.1, 0.15) is 5.82 Å². The first kappa shape index (κ1) is 17.1. The molecule has 4 aromatic rings. The van der Waals surface area contributed by atoms with Gasteiger partial charge in [-0.2, -0.15) is 5.10 Å². The average Bonchev–Trinajstić information content (AvgIpc) is 3.39. The Morgan fingerprint density at radius 3 is 2.71 bits per heavy atom. The molecule has 1 atom stereocenters. The molecule has 1 fully saturated rings. The van der Waals surface area contributed by atoms with Gasteiger partial charge in [0.2, 0.25) is 0 Å². The van der Waals surface area contributed by atoms with Crippen LogP contribution in [0, 0.1) is 0 Å². The Morgan fingerprint density at radius 1 is 0.929 bits per heavy atom. The number of nitrogens with zero attached hydrogens (tertiary/aromatic N) is 7. The first-order valence-corrected chi connectivity index (χ1v) is 9.84. The lowest BCUT2D eigenvalue weighted by molar-refractivity contribution is 0.148. The highest BCUT2D eigenvalue weighted by molar-refractivity contribution is 5.72. The van der Waals surface area contributed by atoms with Crippen LogP contribution in [0.2, 0.25) is 0 Å². The summed E-state index contributed by atoms with van der Waals surface area (Å²) in [5.74, 6) is 0.902. The predicted octanol–water partition coefficient (Wildman–Crippen LogP) is 3.22. The maximum atomic E-state index is 4.64. The SMILES string of the molecule is c1cncc(C(Cn2ccnc2-c2cnn3cccnc23)N2CCCCC2)c1. The van der Waals surface area contributed by atoms with Crippen LogP contribution in [-0.4, -0.2) is 47.1 Å². The van der Waals surface area contributed by atoms with Crippen LogP contribution in [0.5, 0.6) is 0 Å². The summed E-state index contributed by atoms with van der Waals surface area (Å²) in [7, 11) is 0. The summed E-state index contributed by atoms with van der Waals surface area (Å²) in [6.07, 6.45) is 17.1. The van der Waals surface area contributed by atoms with Gasteiger partial charge in [-0.3, -0.25) is 9.88 Å². The van der Waals surface area contributed by atoms with E-state index >= 15 is 0 Å². The van der Waals surface area contributed by atoms with Crippen LogP contribution in [-0.2, 0) is 6.54 Å². The van der Waals surface area contributed by atoms with Gasteiger partial charge in [-0.15, -0.1) is 0 Å². The van der Waals surface area contributed by atoms with Crippen LogP contribution in [0.1, 0.15) is 30.9 Å². The second-order valence-corrected chi connectivity index (χ2v) is 7.25. The van der Waals surface area contributed by atoms with Crippen LogP contribution in [0.4, 0.5) is 0 Å². The van der Waals surface area contributed by atoms with Crippen LogP contribution in [0.3, 0.4) is 0 Å². The average molecular weight is 373 g/mol. The van der Waals surface area contributed by atoms with E-state index in [-0.39, 0.29) is 6.04 Å². The molecular formula is C21H23N7. The lowest BCUT2D eigenvalue weighted by Crippen LogP contribution is -2.36. The summed E-state index contributed by atoms with van der Waals surface area (Å²) in [6.45, 7) is 3.08. The molecule has 0 aliphatic carbocycles. The van der Waals surface area contributed by atoms with E-state index in [1.54, 1.807) is 10.7 Å². The van der Waals surface area contributed by atoms with Crippen molar-refractivity contribution in [3.63, 3.8) is 0 Å². The van der Waals surface area contributed by atoms with Crippen molar-refractivity contribution in [3.05, 3.63) is 67.1 Å². The molecule has 1 aliphatic heterocycles. The molecule has 142 valence electrons. The Balaban J connectivity index is 1.51. The Labute approximate surface area is 163 Å². The van der Waals surface area contributed by atoms with E-state index in [4.69, 9.17) is 0 Å². The van der Waals surface area contributed by atoms with E-state index in [0.717, 1.165) is 36.7 Å². The van der Waals surface area contributed by atoms with Crippen molar-refractivity contribution >= 4 is 5.65 Å². The molecule has 1 saturated heterocycles. The first-order chi connectivity index (χ1) is 13.9. The van der Waals surface area contributed by atoms with Crippen molar-refractivity contribution in [1.82, 2.24) is 34.0 Å². The number of likely N-dealkylation sites (tertiary alicyclic amines) is 1. The maximum absolute atomic E-state index is 4.64. The summed E-state index contributed by atoms with van der Waals surface area (Å²) < 4.78 is 4.01. The number of hydrogen-bond donors (Lipinski definition) is 0. The van der Waals surface area contributed by atoms with Gasteiger partial charge >= 0.3 is 0 Å². The molecule has 4 aromatic heterocycles. The minimum atomic E-state index is 0.275. The van der Waals surface area contributed by atoms with E-state index < -0.39 is 0 Å². The minimum Gasteiger partial charge on any atom is -0.329 e. The Kier molecular flexibility index (Phi) is 4.58. The van der Waals surface area contributed by atoms with E-state index in [2.05, 4.69) is 41.8 Å². The van der Waals surface area contributed by atoms with Crippen molar-refractivity contribution in [2.75, 3.05) is 13.1 Å². The van der Waals surface area contributed by atoms with Gasteiger partial charge in [0, 0.05) is 43.7 Å². The number of pyridine rings is 1. The summed E-state index contributed by atoms with van der Waals surface area (Å²) >= 11 is 0. The van der Waals surface area contributed by atoms with Crippen molar-refractivity contribution in [1.29, 1.82) is 0 Å². The van der Waals surface area contributed by atoms with E-state index in [0.29, 0.717) is 0 Å². The van der Waals surface area contributed by atoms with Crippen molar-refractivity contribution in [2.24, 2.45) is 0 Å². The molecule has 0 aromatic carbocycles. The number of imidazole rings is 1.